The lowest BCUT2D eigenvalue weighted by Crippen LogP contribution is -2.35. The molecule has 1 aliphatic carbocycles. The van der Waals surface area contributed by atoms with E-state index in [1.807, 2.05) is 42.3 Å². The summed E-state index contributed by atoms with van der Waals surface area (Å²) in [6.45, 7) is 0.756. The SMILES string of the molecule is CN(CC1(c2ccccc2)CC1)C(=O)Cc1noc2ccccc12. The molecule has 0 N–H and O–H groups in total. The van der Waals surface area contributed by atoms with Crippen LogP contribution >= 0.6 is 0 Å². The van der Waals surface area contributed by atoms with E-state index in [9.17, 15) is 4.79 Å². The number of nitrogens with zero attached hydrogens (tertiary/aromatic N) is 2. The van der Waals surface area contributed by atoms with E-state index in [1.54, 1.807) is 0 Å². The highest BCUT2D eigenvalue weighted by atomic mass is 16.5. The minimum Gasteiger partial charge on any atom is -0.356 e. The zero-order valence-corrected chi connectivity index (χ0v) is 13.7. The van der Waals surface area contributed by atoms with Gasteiger partial charge in [-0.3, -0.25) is 4.79 Å². The van der Waals surface area contributed by atoms with Gasteiger partial charge >= 0.3 is 0 Å². The van der Waals surface area contributed by atoms with Crippen molar-refractivity contribution in [1.29, 1.82) is 0 Å². The van der Waals surface area contributed by atoms with Crippen molar-refractivity contribution in [1.82, 2.24) is 10.1 Å². The van der Waals surface area contributed by atoms with Gasteiger partial charge in [-0.05, 0) is 30.5 Å². The Morgan fingerprint density at radius 3 is 2.58 bits per heavy atom. The first-order valence-electron chi connectivity index (χ1n) is 8.31. The molecule has 24 heavy (non-hydrogen) atoms. The van der Waals surface area contributed by atoms with Crippen LogP contribution in [0.2, 0.25) is 0 Å². The van der Waals surface area contributed by atoms with Crippen LogP contribution in [-0.4, -0.2) is 29.6 Å². The molecule has 0 saturated heterocycles. The van der Waals surface area contributed by atoms with Gasteiger partial charge in [0.05, 0.1) is 6.42 Å². The lowest BCUT2D eigenvalue weighted by molar-refractivity contribution is -0.129. The average Bonchev–Trinajstić information content (AvgIpc) is 3.29. The predicted molar refractivity (Wildman–Crippen MR) is 92.7 cm³/mol. The fourth-order valence-corrected chi connectivity index (χ4v) is 3.37. The normalized spacial score (nSPS) is 15.4. The van der Waals surface area contributed by atoms with Crippen molar-refractivity contribution >= 4 is 16.9 Å². The van der Waals surface area contributed by atoms with Crippen molar-refractivity contribution in [2.75, 3.05) is 13.6 Å². The van der Waals surface area contributed by atoms with E-state index in [-0.39, 0.29) is 17.7 Å². The molecule has 4 nitrogen and oxygen atoms in total. The minimum absolute atomic E-state index is 0.0799. The number of likely N-dealkylation sites (N-methyl/N-ethyl adjacent to an activating group) is 1. The van der Waals surface area contributed by atoms with Gasteiger partial charge in [0.15, 0.2) is 5.58 Å². The summed E-state index contributed by atoms with van der Waals surface area (Å²) in [6.07, 6.45) is 2.56. The summed E-state index contributed by atoms with van der Waals surface area (Å²) in [5.74, 6) is 0.0799. The van der Waals surface area contributed by atoms with Gasteiger partial charge < -0.3 is 9.42 Å². The highest BCUT2D eigenvalue weighted by Crippen LogP contribution is 2.48. The lowest BCUT2D eigenvalue weighted by atomic mass is 9.95. The standard InChI is InChI=1S/C20H20N2O2/c1-22(14-20(11-12-20)15-7-3-2-4-8-15)19(23)13-17-16-9-5-6-10-18(16)24-21-17/h2-10H,11-14H2,1H3. The number of hydrogen-bond acceptors (Lipinski definition) is 3. The summed E-state index contributed by atoms with van der Waals surface area (Å²) in [5, 5.41) is 4.99. The maximum Gasteiger partial charge on any atom is 0.228 e. The minimum atomic E-state index is 0.0799. The molecule has 1 saturated carbocycles. The molecular formula is C20H20N2O2. The van der Waals surface area contributed by atoms with Crippen molar-refractivity contribution in [2.45, 2.75) is 24.7 Å². The molecule has 0 spiro atoms. The molecule has 1 aliphatic rings. The first-order valence-corrected chi connectivity index (χ1v) is 8.31. The molecule has 0 bridgehead atoms. The second kappa shape index (κ2) is 5.78. The Labute approximate surface area is 141 Å². The Morgan fingerprint density at radius 1 is 1.12 bits per heavy atom. The molecule has 122 valence electrons. The Bertz CT molecular complexity index is 865. The molecule has 2 aromatic carbocycles. The zero-order valence-electron chi connectivity index (χ0n) is 13.7. The quantitative estimate of drug-likeness (QED) is 0.722. The third-order valence-corrected chi connectivity index (χ3v) is 4.98. The lowest BCUT2D eigenvalue weighted by Gasteiger charge is -2.24. The van der Waals surface area contributed by atoms with Gasteiger partial charge in [0.2, 0.25) is 5.91 Å². The van der Waals surface area contributed by atoms with Crippen molar-refractivity contribution in [2.24, 2.45) is 0 Å². The highest BCUT2D eigenvalue weighted by Gasteiger charge is 2.45. The van der Waals surface area contributed by atoms with Crippen LogP contribution in [0.3, 0.4) is 0 Å². The highest BCUT2D eigenvalue weighted by molar-refractivity contribution is 5.86. The van der Waals surface area contributed by atoms with Crippen LogP contribution in [0.25, 0.3) is 11.0 Å². The van der Waals surface area contributed by atoms with Gasteiger partial charge in [-0.2, -0.15) is 0 Å². The third-order valence-electron chi connectivity index (χ3n) is 4.98. The zero-order chi connectivity index (χ0) is 16.6. The molecule has 1 aromatic heterocycles. The molecule has 3 aromatic rings. The fourth-order valence-electron chi connectivity index (χ4n) is 3.37. The Kier molecular flexibility index (Phi) is 3.60. The van der Waals surface area contributed by atoms with E-state index in [0.29, 0.717) is 5.69 Å². The number of aromatic nitrogens is 1. The molecule has 0 aliphatic heterocycles. The van der Waals surface area contributed by atoms with Gasteiger partial charge in [0, 0.05) is 24.4 Å². The summed E-state index contributed by atoms with van der Waals surface area (Å²) in [7, 11) is 1.88. The van der Waals surface area contributed by atoms with E-state index in [2.05, 4.69) is 29.4 Å². The summed E-state index contributed by atoms with van der Waals surface area (Å²) in [5.41, 5.74) is 2.91. The van der Waals surface area contributed by atoms with E-state index in [4.69, 9.17) is 4.52 Å². The summed E-state index contributed by atoms with van der Waals surface area (Å²) in [6, 6.07) is 18.2. The number of fused-ring (bicyclic) bond motifs is 1. The monoisotopic (exact) mass is 320 g/mol. The summed E-state index contributed by atoms with van der Waals surface area (Å²) >= 11 is 0. The Balaban J connectivity index is 1.47. The number of amides is 1. The van der Waals surface area contributed by atoms with Crippen LogP contribution < -0.4 is 0 Å². The van der Waals surface area contributed by atoms with Gasteiger partial charge in [-0.15, -0.1) is 0 Å². The number of benzene rings is 2. The second-order valence-electron chi connectivity index (χ2n) is 6.70. The molecule has 1 heterocycles. The van der Waals surface area contributed by atoms with Gasteiger partial charge in [-0.25, -0.2) is 0 Å². The van der Waals surface area contributed by atoms with Gasteiger partial charge in [0.25, 0.3) is 0 Å². The smallest absolute Gasteiger partial charge is 0.228 e. The van der Waals surface area contributed by atoms with Crippen LogP contribution in [0.15, 0.2) is 59.1 Å². The topological polar surface area (TPSA) is 46.3 Å². The number of carbonyl (C=O) groups excluding carboxylic acids is 1. The second-order valence-corrected chi connectivity index (χ2v) is 6.70. The van der Waals surface area contributed by atoms with Gasteiger partial charge in [0.1, 0.15) is 5.69 Å². The van der Waals surface area contributed by atoms with Crippen molar-refractivity contribution in [3.63, 3.8) is 0 Å². The maximum atomic E-state index is 12.6. The molecule has 0 atom stereocenters. The molecule has 0 unspecified atom stereocenters. The van der Waals surface area contributed by atoms with E-state index in [0.717, 1.165) is 30.4 Å². The van der Waals surface area contributed by atoms with Crippen LogP contribution in [0.4, 0.5) is 0 Å². The molecule has 0 radical (unpaired) electrons. The largest absolute Gasteiger partial charge is 0.356 e. The number of para-hydroxylation sites is 1. The molecule has 4 rings (SSSR count). The Hall–Kier alpha value is -2.62. The third kappa shape index (κ3) is 2.68. The van der Waals surface area contributed by atoms with E-state index >= 15 is 0 Å². The number of carbonyl (C=O) groups is 1. The van der Waals surface area contributed by atoms with Crippen LogP contribution in [0.1, 0.15) is 24.1 Å². The van der Waals surface area contributed by atoms with Crippen LogP contribution in [0.5, 0.6) is 0 Å². The first kappa shape index (κ1) is 14.9. The van der Waals surface area contributed by atoms with Crippen molar-refractivity contribution < 1.29 is 9.32 Å². The van der Waals surface area contributed by atoms with E-state index in [1.165, 1.54) is 5.56 Å². The maximum absolute atomic E-state index is 12.6. The van der Waals surface area contributed by atoms with E-state index < -0.39 is 0 Å². The summed E-state index contributed by atoms with van der Waals surface area (Å²) < 4.78 is 5.29. The number of hydrogen-bond donors (Lipinski definition) is 0. The molecule has 1 amide bonds. The van der Waals surface area contributed by atoms with Crippen LogP contribution in [0, 0.1) is 0 Å². The van der Waals surface area contributed by atoms with Crippen molar-refractivity contribution in [3.05, 3.63) is 65.9 Å². The predicted octanol–water partition coefficient (Wildman–Crippen LogP) is 3.56. The average molecular weight is 320 g/mol. The number of rotatable bonds is 5. The summed E-state index contributed by atoms with van der Waals surface area (Å²) in [4.78, 5) is 14.5. The molecular weight excluding hydrogens is 300 g/mol. The Morgan fingerprint density at radius 2 is 1.83 bits per heavy atom. The van der Waals surface area contributed by atoms with Crippen LogP contribution in [-0.2, 0) is 16.6 Å². The van der Waals surface area contributed by atoms with Gasteiger partial charge in [-0.1, -0.05) is 47.6 Å². The fraction of sp³-hybridized carbons (Fsp3) is 0.300. The van der Waals surface area contributed by atoms with Crippen molar-refractivity contribution in [3.8, 4) is 0 Å². The molecule has 1 fully saturated rings. The molecule has 4 heteroatoms. The first-order chi connectivity index (χ1) is 11.7.